The van der Waals surface area contributed by atoms with Crippen molar-refractivity contribution in [1.82, 2.24) is 19.4 Å². The number of piperazine rings is 1. The Morgan fingerprint density at radius 3 is 2.58 bits per heavy atom. The van der Waals surface area contributed by atoms with Gasteiger partial charge < -0.3 is 14.8 Å². The Morgan fingerprint density at radius 1 is 1.03 bits per heavy atom. The fraction of sp³-hybridized carbons (Fsp3) is 0.261. The van der Waals surface area contributed by atoms with Crippen LogP contribution < -0.4 is 10.5 Å². The number of benzene rings is 2. The minimum Gasteiger partial charge on any atom is -0.367 e. The van der Waals surface area contributed by atoms with E-state index in [1.807, 2.05) is 53.4 Å². The van der Waals surface area contributed by atoms with Crippen molar-refractivity contribution in [2.24, 2.45) is 0 Å². The second-order valence-corrected chi connectivity index (χ2v) is 8.11. The van der Waals surface area contributed by atoms with Crippen molar-refractivity contribution in [3.8, 4) is 0 Å². The van der Waals surface area contributed by atoms with Crippen LogP contribution >= 0.6 is 11.6 Å². The first-order valence-electron chi connectivity index (χ1n) is 10.3. The van der Waals surface area contributed by atoms with Crippen molar-refractivity contribution < 1.29 is 4.79 Å². The monoisotopic (exact) mass is 435 g/mol. The lowest BCUT2D eigenvalue weighted by atomic mass is 10.2. The molecule has 0 saturated carbocycles. The number of halogens is 1. The quantitative estimate of drug-likeness (QED) is 0.534. The number of anilines is 1. The van der Waals surface area contributed by atoms with E-state index in [0.717, 1.165) is 34.7 Å². The molecule has 0 aliphatic carbocycles. The normalized spacial score (nSPS) is 14.5. The van der Waals surface area contributed by atoms with Crippen LogP contribution in [0.3, 0.4) is 0 Å². The van der Waals surface area contributed by atoms with E-state index >= 15 is 0 Å². The van der Waals surface area contributed by atoms with Gasteiger partial charge in [0.05, 0.1) is 17.0 Å². The summed E-state index contributed by atoms with van der Waals surface area (Å²) < 4.78 is 1.51. The zero-order chi connectivity index (χ0) is 21.4. The summed E-state index contributed by atoms with van der Waals surface area (Å²) in [5, 5.41) is 1.65. The predicted molar refractivity (Wildman–Crippen MR) is 123 cm³/mol. The number of hydrogen-bond acceptors (Lipinski definition) is 4. The molecule has 8 heteroatoms. The number of rotatable bonds is 4. The first-order chi connectivity index (χ1) is 15.1. The van der Waals surface area contributed by atoms with Gasteiger partial charge in [0.1, 0.15) is 11.0 Å². The summed E-state index contributed by atoms with van der Waals surface area (Å²) in [4.78, 5) is 37.3. The molecule has 0 atom stereocenters. The van der Waals surface area contributed by atoms with E-state index in [1.54, 1.807) is 0 Å². The molecule has 31 heavy (non-hydrogen) atoms. The number of aromatic amines is 1. The SMILES string of the molecule is O=C(CCn1cnc2c([nH]c3ccccc32)c1=O)N1CCN(c2ccccc2Cl)CC1. The molecule has 4 aromatic rings. The topological polar surface area (TPSA) is 74.2 Å². The maximum Gasteiger partial charge on any atom is 0.277 e. The Bertz CT molecular complexity index is 1320. The van der Waals surface area contributed by atoms with Crippen molar-refractivity contribution in [3.63, 3.8) is 0 Å². The van der Waals surface area contributed by atoms with Gasteiger partial charge in [-0.3, -0.25) is 14.2 Å². The molecular formula is C23H22ClN5O2. The molecule has 7 nitrogen and oxygen atoms in total. The molecule has 1 fully saturated rings. The average molecular weight is 436 g/mol. The van der Waals surface area contributed by atoms with Crippen molar-refractivity contribution in [3.05, 3.63) is 70.2 Å². The standard InChI is InChI=1S/C23H22ClN5O2/c24-17-6-2-4-8-19(17)27-11-13-28(14-12-27)20(30)9-10-29-15-25-21-16-5-1-3-7-18(16)26-22(21)23(29)31/h1-8,15,26H,9-14H2. The molecule has 5 rings (SSSR count). The third-order valence-electron chi connectivity index (χ3n) is 5.87. The van der Waals surface area contributed by atoms with Crippen LogP contribution in [-0.2, 0) is 11.3 Å². The lowest BCUT2D eigenvalue weighted by Gasteiger charge is -2.36. The van der Waals surface area contributed by atoms with Crippen LogP contribution in [-0.4, -0.2) is 51.5 Å². The molecule has 0 spiro atoms. The first-order valence-corrected chi connectivity index (χ1v) is 10.7. The fourth-order valence-corrected chi connectivity index (χ4v) is 4.43. The van der Waals surface area contributed by atoms with Gasteiger partial charge in [0.15, 0.2) is 0 Å². The highest BCUT2D eigenvalue weighted by Crippen LogP contribution is 2.26. The summed E-state index contributed by atoms with van der Waals surface area (Å²) in [7, 11) is 0. The number of H-pyrrole nitrogens is 1. The van der Waals surface area contributed by atoms with Crippen LogP contribution in [0.25, 0.3) is 21.9 Å². The number of aryl methyl sites for hydroxylation is 1. The molecule has 2 aromatic carbocycles. The summed E-state index contributed by atoms with van der Waals surface area (Å²) in [6, 6.07) is 15.5. The van der Waals surface area contributed by atoms with Gasteiger partial charge in [-0.1, -0.05) is 41.9 Å². The number of nitrogens with zero attached hydrogens (tertiary/aromatic N) is 4. The van der Waals surface area contributed by atoms with Gasteiger partial charge in [-0.25, -0.2) is 4.98 Å². The van der Waals surface area contributed by atoms with Crippen LogP contribution in [0, 0.1) is 0 Å². The van der Waals surface area contributed by atoms with E-state index in [4.69, 9.17) is 11.6 Å². The number of aromatic nitrogens is 3. The second kappa shape index (κ2) is 8.07. The lowest BCUT2D eigenvalue weighted by molar-refractivity contribution is -0.131. The van der Waals surface area contributed by atoms with Crippen LogP contribution in [0.1, 0.15) is 6.42 Å². The Balaban J connectivity index is 1.24. The van der Waals surface area contributed by atoms with Gasteiger partial charge in [-0.05, 0) is 18.2 Å². The Morgan fingerprint density at radius 2 is 1.77 bits per heavy atom. The number of para-hydroxylation sites is 2. The first kappa shape index (κ1) is 19.6. The predicted octanol–water partition coefficient (Wildman–Crippen LogP) is 3.27. The highest BCUT2D eigenvalue weighted by atomic mass is 35.5. The van der Waals surface area contributed by atoms with Gasteiger partial charge in [-0.15, -0.1) is 0 Å². The van der Waals surface area contributed by atoms with E-state index in [9.17, 15) is 9.59 Å². The molecule has 1 N–H and O–H groups in total. The highest BCUT2D eigenvalue weighted by Gasteiger charge is 2.22. The number of amides is 1. The van der Waals surface area contributed by atoms with Crippen molar-refractivity contribution in [1.29, 1.82) is 0 Å². The minimum atomic E-state index is -0.155. The van der Waals surface area contributed by atoms with E-state index < -0.39 is 0 Å². The van der Waals surface area contributed by atoms with Crippen LogP contribution in [0.5, 0.6) is 0 Å². The van der Waals surface area contributed by atoms with Gasteiger partial charge in [0.2, 0.25) is 5.91 Å². The van der Waals surface area contributed by atoms with Crippen molar-refractivity contribution >= 4 is 45.1 Å². The van der Waals surface area contributed by atoms with E-state index in [0.29, 0.717) is 30.7 Å². The number of fused-ring (bicyclic) bond motifs is 3. The number of nitrogens with one attached hydrogen (secondary N) is 1. The zero-order valence-corrected chi connectivity index (χ0v) is 17.7. The average Bonchev–Trinajstić information content (AvgIpc) is 3.19. The molecule has 1 aliphatic rings. The Kier molecular flexibility index (Phi) is 5.11. The molecule has 0 radical (unpaired) electrons. The third kappa shape index (κ3) is 3.65. The maximum atomic E-state index is 12.9. The number of carbonyl (C=O) groups is 1. The zero-order valence-electron chi connectivity index (χ0n) is 16.9. The summed E-state index contributed by atoms with van der Waals surface area (Å²) in [5.41, 5.74) is 2.87. The molecule has 1 saturated heterocycles. The van der Waals surface area contributed by atoms with E-state index in [-0.39, 0.29) is 17.9 Å². The Labute approximate surface area is 183 Å². The lowest BCUT2D eigenvalue weighted by Crippen LogP contribution is -2.49. The van der Waals surface area contributed by atoms with E-state index in [2.05, 4.69) is 14.9 Å². The third-order valence-corrected chi connectivity index (χ3v) is 6.19. The molecule has 158 valence electrons. The fourth-order valence-electron chi connectivity index (χ4n) is 4.18. The summed E-state index contributed by atoms with van der Waals surface area (Å²) in [5.74, 6) is 0.0439. The Hall–Kier alpha value is -3.32. The molecule has 1 aliphatic heterocycles. The van der Waals surface area contributed by atoms with Crippen molar-refractivity contribution in [2.45, 2.75) is 13.0 Å². The van der Waals surface area contributed by atoms with Gasteiger partial charge in [-0.2, -0.15) is 0 Å². The number of hydrogen-bond donors (Lipinski definition) is 1. The maximum absolute atomic E-state index is 12.9. The highest BCUT2D eigenvalue weighted by molar-refractivity contribution is 6.33. The van der Waals surface area contributed by atoms with Gasteiger partial charge in [0, 0.05) is 50.0 Å². The van der Waals surface area contributed by atoms with Gasteiger partial charge >= 0.3 is 0 Å². The van der Waals surface area contributed by atoms with E-state index in [1.165, 1.54) is 10.9 Å². The molecular weight excluding hydrogens is 414 g/mol. The largest absolute Gasteiger partial charge is 0.367 e. The smallest absolute Gasteiger partial charge is 0.277 e. The number of carbonyl (C=O) groups excluding carboxylic acids is 1. The molecule has 2 aromatic heterocycles. The summed E-state index contributed by atoms with van der Waals surface area (Å²) in [6.07, 6.45) is 1.80. The van der Waals surface area contributed by atoms with Crippen LogP contribution in [0.15, 0.2) is 59.7 Å². The molecule has 0 bridgehead atoms. The molecule has 0 unspecified atom stereocenters. The molecule has 1 amide bonds. The van der Waals surface area contributed by atoms with Crippen LogP contribution in [0.2, 0.25) is 5.02 Å². The minimum absolute atomic E-state index is 0.0439. The van der Waals surface area contributed by atoms with Gasteiger partial charge in [0.25, 0.3) is 5.56 Å². The molecule has 3 heterocycles. The van der Waals surface area contributed by atoms with Crippen molar-refractivity contribution in [2.75, 3.05) is 31.1 Å². The second-order valence-electron chi connectivity index (χ2n) is 7.71. The van der Waals surface area contributed by atoms with Crippen LogP contribution in [0.4, 0.5) is 5.69 Å². The summed E-state index contributed by atoms with van der Waals surface area (Å²) >= 11 is 6.29. The summed E-state index contributed by atoms with van der Waals surface area (Å²) in [6.45, 7) is 3.05.